The first-order valence-electron chi connectivity index (χ1n) is 10.1. The molecule has 0 bridgehead atoms. The quantitative estimate of drug-likeness (QED) is 0.180. The molecular formula is C25H18Cl2F3N3O. The van der Waals surface area contributed by atoms with Gasteiger partial charge < -0.3 is 4.57 Å². The van der Waals surface area contributed by atoms with Crippen molar-refractivity contribution >= 4 is 34.8 Å². The van der Waals surface area contributed by atoms with Crippen LogP contribution in [0.4, 0.5) is 18.9 Å². The highest BCUT2D eigenvalue weighted by molar-refractivity contribution is 6.32. The minimum Gasteiger partial charge on any atom is -0.312 e. The molecule has 34 heavy (non-hydrogen) atoms. The number of halogens is 5. The van der Waals surface area contributed by atoms with Crippen molar-refractivity contribution in [2.24, 2.45) is 5.84 Å². The molecule has 0 radical (unpaired) electrons. The van der Waals surface area contributed by atoms with Crippen LogP contribution in [0, 0.1) is 6.92 Å². The zero-order chi connectivity index (χ0) is 24.6. The maximum absolute atomic E-state index is 13.5. The first-order valence-corrected chi connectivity index (χ1v) is 10.8. The second-order valence-electron chi connectivity index (χ2n) is 7.51. The van der Waals surface area contributed by atoms with E-state index in [9.17, 15) is 18.0 Å². The molecule has 3 aromatic carbocycles. The highest BCUT2D eigenvalue weighted by Gasteiger charge is 2.36. The maximum Gasteiger partial charge on any atom is 0.418 e. The molecule has 4 rings (SSSR count). The van der Waals surface area contributed by atoms with Crippen molar-refractivity contribution in [1.82, 2.24) is 4.57 Å². The Hall–Kier alpha value is -3.26. The van der Waals surface area contributed by atoms with E-state index in [-0.39, 0.29) is 5.56 Å². The summed E-state index contributed by atoms with van der Waals surface area (Å²) >= 11 is 12.5. The molecule has 0 atom stereocenters. The fourth-order valence-electron chi connectivity index (χ4n) is 3.76. The second-order valence-corrected chi connectivity index (χ2v) is 8.36. The second kappa shape index (κ2) is 9.18. The van der Waals surface area contributed by atoms with Gasteiger partial charge in [0.05, 0.1) is 33.2 Å². The SMILES string of the molecule is Cc1c(C(=O)N(N)c2ccccc2C(F)(F)F)cc(-c2ccc(Cl)cc2)n1-c1ccccc1Cl. The van der Waals surface area contributed by atoms with E-state index >= 15 is 0 Å². The molecule has 0 aliphatic rings. The van der Waals surface area contributed by atoms with Gasteiger partial charge in [0, 0.05) is 10.7 Å². The smallest absolute Gasteiger partial charge is 0.312 e. The molecule has 174 valence electrons. The van der Waals surface area contributed by atoms with Crippen LogP contribution < -0.4 is 10.9 Å². The van der Waals surface area contributed by atoms with Gasteiger partial charge in [-0.3, -0.25) is 4.79 Å². The number of nitrogens with two attached hydrogens (primary N) is 1. The average Bonchev–Trinajstić information content (AvgIpc) is 3.15. The van der Waals surface area contributed by atoms with Crippen LogP contribution in [-0.4, -0.2) is 10.5 Å². The largest absolute Gasteiger partial charge is 0.418 e. The predicted octanol–water partition coefficient (Wildman–Crippen LogP) is 7.30. The van der Waals surface area contributed by atoms with Crippen molar-refractivity contribution in [3.63, 3.8) is 0 Å². The monoisotopic (exact) mass is 503 g/mol. The van der Waals surface area contributed by atoms with Crippen molar-refractivity contribution in [2.75, 3.05) is 5.01 Å². The average molecular weight is 504 g/mol. The third-order valence-corrected chi connectivity index (χ3v) is 5.97. The number of amides is 1. The number of anilines is 1. The molecule has 1 heterocycles. The molecule has 4 aromatic rings. The molecule has 4 nitrogen and oxygen atoms in total. The number of hydrazine groups is 1. The fraction of sp³-hybridized carbons (Fsp3) is 0.0800. The highest BCUT2D eigenvalue weighted by Crippen LogP contribution is 2.37. The van der Waals surface area contributed by atoms with Crippen LogP contribution in [0.2, 0.25) is 10.0 Å². The van der Waals surface area contributed by atoms with Gasteiger partial charge in [0.15, 0.2) is 0 Å². The Morgan fingerprint density at radius 2 is 1.56 bits per heavy atom. The van der Waals surface area contributed by atoms with Crippen molar-refractivity contribution in [2.45, 2.75) is 13.1 Å². The van der Waals surface area contributed by atoms with Gasteiger partial charge in [0.1, 0.15) is 0 Å². The topological polar surface area (TPSA) is 51.3 Å². The first-order chi connectivity index (χ1) is 16.1. The molecule has 0 spiro atoms. The third kappa shape index (κ3) is 4.42. The summed E-state index contributed by atoms with van der Waals surface area (Å²) < 4.78 is 42.3. The zero-order valence-electron chi connectivity index (χ0n) is 17.8. The molecule has 1 aromatic heterocycles. The summed E-state index contributed by atoms with van der Waals surface area (Å²) in [6.45, 7) is 1.68. The summed E-state index contributed by atoms with van der Waals surface area (Å²) in [7, 11) is 0. The molecule has 0 saturated carbocycles. The minimum absolute atomic E-state index is 0.129. The van der Waals surface area contributed by atoms with Crippen LogP contribution in [-0.2, 0) is 6.18 Å². The van der Waals surface area contributed by atoms with Crippen LogP contribution >= 0.6 is 23.2 Å². The van der Waals surface area contributed by atoms with Crippen LogP contribution in [0.1, 0.15) is 21.6 Å². The number of rotatable bonds is 4. The van der Waals surface area contributed by atoms with Crippen LogP contribution in [0.15, 0.2) is 78.9 Å². The van der Waals surface area contributed by atoms with E-state index in [0.29, 0.717) is 32.1 Å². The number of alkyl halides is 3. The van der Waals surface area contributed by atoms with E-state index in [0.717, 1.165) is 17.7 Å². The lowest BCUT2D eigenvalue weighted by atomic mass is 10.1. The van der Waals surface area contributed by atoms with Gasteiger partial charge in [-0.25, -0.2) is 10.9 Å². The third-order valence-electron chi connectivity index (χ3n) is 5.40. The Morgan fingerprint density at radius 3 is 2.21 bits per heavy atom. The van der Waals surface area contributed by atoms with Gasteiger partial charge in [0.2, 0.25) is 0 Å². The zero-order valence-corrected chi connectivity index (χ0v) is 19.3. The van der Waals surface area contributed by atoms with Crippen molar-refractivity contribution in [3.05, 3.63) is 106 Å². The lowest BCUT2D eigenvalue weighted by Gasteiger charge is -2.21. The van der Waals surface area contributed by atoms with E-state index in [1.807, 2.05) is 0 Å². The number of hydrogen-bond acceptors (Lipinski definition) is 2. The number of nitrogens with zero attached hydrogens (tertiary/aromatic N) is 2. The van der Waals surface area contributed by atoms with Crippen molar-refractivity contribution in [3.8, 4) is 16.9 Å². The Balaban J connectivity index is 1.89. The van der Waals surface area contributed by atoms with Gasteiger partial charge in [-0.05, 0) is 55.0 Å². The van der Waals surface area contributed by atoms with Crippen LogP contribution in [0.25, 0.3) is 16.9 Å². The fourth-order valence-corrected chi connectivity index (χ4v) is 4.11. The standard InChI is InChI=1S/C25H18Cl2F3N3O/c1-15-18(24(34)33(31)21-8-4-2-6-19(21)25(28,29)30)14-23(16-10-12-17(26)13-11-16)32(15)22-9-5-3-7-20(22)27/h2-14H,31H2,1H3. The Labute approximate surface area is 203 Å². The van der Waals surface area contributed by atoms with E-state index in [2.05, 4.69) is 0 Å². The number of aromatic nitrogens is 1. The number of para-hydroxylation sites is 2. The summed E-state index contributed by atoms with van der Waals surface area (Å²) in [6, 6.07) is 20.2. The Bertz CT molecular complexity index is 1360. The first kappa shape index (κ1) is 23.9. The number of carbonyl (C=O) groups is 1. The summed E-state index contributed by atoms with van der Waals surface area (Å²) in [4.78, 5) is 13.4. The number of carbonyl (C=O) groups excluding carboxylic acids is 1. The Morgan fingerprint density at radius 1 is 0.941 bits per heavy atom. The molecule has 0 unspecified atom stereocenters. The summed E-state index contributed by atoms with van der Waals surface area (Å²) in [6.07, 6.45) is -4.68. The van der Waals surface area contributed by atoms with Gasteiger partial charge >= 0.3 is 6.18 Å². The molecule has 0 fully saturated rings. The molecule has 1 amide bonds. The molecule has 2 N–H and O–H groups in total. The molecule has 0 aliphatic carbocycles. The van der Waals surface area contributed by atoms with Gasteiger partial charge in [-0.15, -0.1) is 0 Å². The van der Waals surface area contributed by atoms with E-state index in [4.69, 9.17) is 29.0 Å². The van der Waals surface area contributed by atoms with Crippen molar-refractivity contribution < 1.29 is 18.0 Å². The molecule has 0 aliphatic heterocycles. The Kier molecular flexibility index (Phi) is 6.45. The van der Waals surface area contributed by atoms with Gasteiger partial charge in [-0.1, -0.05) is 59.6 Å². The van der Waals surface area contributed by atoms with Crippen LogP contribution in [0.3, 0.4) is 0 Å². The molecule has 0 saturated heterocycles. The van der Waals surface area contributed by atoms with E-state index < -0.39 is 23.3 Å². The highest BCUT2D eigenvalue weighted by atomic mass is 35.5. The lowest BCUT2D eigenvalue weighted by Crippen LogP contribution is -2.39. The number of benzene rings is 3. The van der Waals surface area contributed by atoms with E-state index in [1.54, 1.807) is 66.1 Å². The molecule has 9 heteroatoms. The number of hydrogen-bond donors (Lipinski definition) is 1. The van der Waals surface area contributed by atoms with Crippen LogP contribution in [0.5, 0.6) is 0 Å². The summed E-state index contributed by atoms with van der Waals surface area (Å²) in [5.74, 6) is 5.16. The summed E-state index contributed by atoms with van der Waals surface area (Å²) in [5.41, 5.74) is 1.07. The van der Waals surface area contributed by atoms with Crippen molar-refractivity contribution in [1.29, 1.82) is 0 Å². The minimum atomic E-state index is -4.68. The van der Waals surface area contributed by atoms with Gasteiger partial charge in [0.25, 0.3) is 5.91 Å². The normalized spacial score (nSPS) is 11.5. The maximum atomic E-state index is 13.5. The summed E-state index contributed by atoms with van der Waals surface area (Å²) in [5, 5.41) is 1.49. The van der Waals surface area contributed by atoms with E-state index in [1.165, 1.54) is 12.1 Å². The van der Waals surface area contributed by atoms with Gasteiger partial charge in [-0.2, -0.15) is 13.2 Å². The lowest BCUT2D eigenvalue weighted by molar-refractivity contribution is -0.137. The molecular weight excluding hydrogens is 486 g/mol. The predicted molar refractivity (Wildman–Crippen MR) is 128 cm³/mol.